The third kappa shape index (κ3) is 4.65. The number of imidazole rings is 1. The summed E-state index contributed by atoms with van der Waals surface area (Å²) in [4.78, 5) is 4.72. The second kappa shape index (κ2) is 7.84. The molecule has 29 heavy (non-hydrogen) atoms. The summed E-state index contributed by atoms with van der Waals surface area (Å²) in [6.45, 7) is 10.2. The number of aromatic nitrogens is 2. The smallest absolute Gasteiger partial charge is 0.261 e. The molecule has 0 bridgehead atoms. The molecule has 0 aliphatic carbocycles. The fourth-order valence-corrected chi connectivity index (χ4v) is 4.37. The monoisotopic (exact) mass is 431 g/mol. The average molecular weight is 432 g/mol. The standard InChI is InChI=1S/C22H26ClN3O2S/c1-6-21-24-15(2)14-26(21)20-13-17(23)9-12-19(20)25-29(27,28)18-10-7-16(8-11-18)22(3,4)5/h7-14,25H,6H2,1-5H3. The number of sulfonamides is 1. The summed E-state index contributed by atoms with van der Waals surface area (Å²) >= 11 is 6.21. The van der Waals surface area contributed by atoms with Crippen molar-refractivity contribution in [2.24, 2.45) is 0 Å². The van der Waals surface area contributed by atoms with E-state index in [2.05, 4.69) is 30.5 Å². The molecule has 0 spiro atoms. The van der Waals surface area contributed by atoms with Gasteiger partial charge < -0.3 is 4.57 Å². The molecule has 0 unspecified atom stereocenters. The van der Waals surface area contributed by atoms with Crippen LogP contribution in [0.4, 0.5) is 5.69 Å². The summed E-state index contributed by atoms with van der Waals surface area (Å²) in [5.74, 6) is 0.833. The molecule has 0 atom stereocenters. The lowest BCUT2D eigenvalue weighted by Crippen LogP contribution is -2.16. The lowest BCUT2D eigenvalue weighted by atomic mass is 9.87. The van der Waals surface area contributed by atoms with Crippen LogP contribution in [0.1, 0.15) is 44.8 Å². The zero-order valence-corrected chi connectivity index (χ0v) is 18.9. The van der Waals surface area contributed by atoms with Crippen LogP contribution in [-0.2, 0) is 21.9 Å². The molecule has 1 heterocycles. The number of nitrogens with zero attached hydrogens (tertiary/aromatic N) is 2. The van der Waals surface area contributed by atoms with Gasteiger partial charge in [-0.3, -0.25) is 4.72 Å². The van der Waals surface area contributed by atoms with Gasteiger partial charge in [0.1, 0.15) is 5.82 Å². The van der Waals surface area contributed by atoms with E-state index < -0.39 is 10.0 Å². The van der Waals surface area contributed by atoms with Crippen molar-refractivity contribution in [3.63, 3.8) is 0 Å². The highest BCUT2D eigenvalue weighted by molar-refractivity contribution is 7.92. The van der Waals surface area contributed by atoms with Crippen LogP contribution in [0, 0.1) is 6.92 Å². The van der Waals surface area contributed by atoms with Crippen LogP contribution in [0.15, 0.2) is 53.6 Å². The molecule has 0 saturated carbocycles. The van der Waals surface area contributed by atoms with Gasteiger partial charge in [-0.2, -0.15) is 0 Å². The average Bonchev–Trinajstić information content (AvgIpc) is 3.03. The van der Waals surface area contributed by atoms with E-state index in [1.165, 1.54) is 0 Å². The maximum Gasteiger partial charge on any atom is 0.261 e. The Morgan fingerprint density at radius 3 is 2.34 bits per heavy atom. The number of hydrogen-bond acceptors (Lipinski definition) is 3. The van der Waals surface area contributed by atoms with Crippen molar-refractivity contribution in [1.29, 1.82) is 0 Å². The summed E-state index contributed by atoms with van der Waals surface area (Å²) in [5, 5.41) is 0.519. The first kappa shape index (κ1) is 21.4. The SMILES string of the molecule is CCc1nc(C)cn1-c1cc(Cl)ccc1NS(=O)(=O)c1ccc(C(C)(C)C)cc1. The zero-order chi connectivity index (χ0) is 21.4. The highest BCUT2D eigenvalue weighted by Crippen LogP contribution is 2.29. The third-order valence-electron chi connectivity index (χ3n) is 4.71. The minimum absolute atomic E-state index is 0.0467. The molecule has 154 valence electrons. The number of halogens is 1. The van der Waals surface area contributed by atoms with Crippen LogP contribution in [0.3, 0.4) is 0 Å². The number of aryl methyl sites for hydroxylation is 2. The Bertz CT molecular complexity index is 1130. The largest absolute Gasteiger partial charge is 0.301 e. The number of anilines is 1. The van der Waals surface area contributed by atoms with Crippen molar-refractivity contribution in [1.82, 2.24) is 9.55 Å². The van der Waals surface area contributed by atoms with E-state index in [9.17, 15) is 8.42 Å². The molecule has 0 radical (unpaired) electrons. The number of hydrogen-bond donors (Lipinski definition) is 1. The molecule has 7 heteroatoms. The molecule has 0 amide bonds. The summed E-state index contributed by atoms with van der Waals surface area (Å²) in [7, 11) is -3.76. The minimum Gasteiger partial charge on any atom is -0.301 e. The molecule has 3 rings (SSSR count). The van der Waals surface area contributed by atoms with Gasteiger partial charge in [-0.25, -0.2) is 13.4 Å². The van der Waals surface area contributed by atoms with Crippen molar-refractivity contribution in [3.05, 3.63) is 70.8 Å². The van der Waals surface area contributed by atoms with Gasteiger partial charge in [0.05, 0.1) is 22.0 Å². The van der Waals surface area contributed by atoms with Crippen LogP contribution >= 0.6 is 11.6 Å². The van der Waals surface area contributed by atoms with Gasteiger partial charge in [-0.15, -0.1) is 0 Å². The first-order valence-electron chi connectivity index (χ1n) is 9.49. The van der Waals surface area contributed by atoms with Gasteiger partial charge >= 0.3 is 0 Å². The fourth-order valence-electron chi connectivity index (χ4n) is 3.13. The first-order valence-corrected chi connectivity index (χ1v) is 11.4. The lowest BCUT2D eigenvalue weighted by Gasteiger charge is -2.19. The fraction of sp³-hybridized carbons (Fsp3) is 0.318. The number of rotatable bonds is 5. The highest BCUT2D eigenvalue weighted by Gasteiger charge is 2.20. The molecule has 0 aliphatic heterocycles. The Kier molecular flexibility index (Phi) is 5.79. The van der Waals surface area contributed by atoms with Crippen LogP contribution < -0.4 is 4.72 Å². The Labute approximate surface area is 177 Å². The molecule has 1 aromatic heterocycles. The van der Waals surface area contributed by atoms with E-state index in [1.54, 1.807) is 30.3 Å². The van der Waals surface area contributed by atoms with Gasteiger partial charge in [0.2, 0.25) is 0 Å². The van der Waals surface area contributed by atoms with Crippen LogP contribution in [0.5, 0.6) is 0 Å². The number of nitrogens with one attached hydrogen (secondary N) is 1. The summed E-state index contributed by atoms with van der Waals surface area (Å²) in [6, 6.07) is 12.1. The molecular weight excluding hydrogens is 406 g/mol. The van der Waals surface area contributed by atoms with Gasteiger partial charge in [0.25, 0.3) is 10.0 Å². The molecule has 1 N–H and O–H groups in total. The highest BCUT2D eigenvalue weighted by atomic mass is 35.5. The summed E-state index contributed by atoms with van der Waals surface area (Å²) < 4.78 is 30.6. The van der Waals surface area contributed by atoms with Crippen LogP contribution in [0.2, 0.25) is 5.02 Å². The van der Waals surface area contributed by atoms with Crippen molar-refractivity contribution >= 4 is 27.3 Å². The maximum absolute atomic E-state index is 13.0. The molecule has 2 aromatic carbocycles. The Morgan fingerprint density at radius 1 is 1.10 bits per heavy atom. The van der Waals surface area contributed by atoms with Gasteiger partial charge in [0, 0.05) is 17.6 Å². The van der Waals surface area contributed by atoms with Crippen molar-refractivity contribution < 1.29 is 8.42 Å². The maximum atomic E-state index is 13.0. The van der Waals surface area contributed by atoms with Crippen LogP contribution in [0.25, 0.3) is 5.69 Å². The topological polar surface area (TPSA) is 64.0 Å². The van der Waals surface area contributed by atoms with E-state index >= 15 is 0 Å². The summed E-state index contributed by atoms with van der Waals surface area (Å²) in [6.07, 6.45) is 2.58. The summed E-state index contributed by atoms with van der Waals surface area (Å²) in [5.41, 5.74) is 2.97. The Balaban J connectivity index is 2.02. The lowest BCUT2D eigenvalue weighted by molar-refractivity contribution is 0.587. The Hall–Kier alpha value is -2.31. The van der Waals surface area contributed by atoms with Crippen molar-refractivity contribution in [2.75, 3.05) is 4.72 Å². The zero-order valence-electron chi connectivity index (χ0n) is 17.3. The van der Waals surface area contributed by atoms with Gasteiger partial charge in [-0.05, 0) is 48.2 Å². The number of benzene rings is 2. The van der Waals surface area contributed by atoms with E-state index in [0.717, 1.165) is 17.1 Å². The predicted molar refractivity (Wildman–Crippen MR) is 119 cm³/mol. The van der Waals surface area contributed by atoms with Gasteiger partial charge in [-0.1, -0.05) is 51.4 Å². The van der Waals surface area contributed by atoms with Crippen LogP contribution in [-0.4, -0.2) is 18.0 Å². The molecule has 0 aliphatic rings. The second-order valence-electron chi connectivity index (χ2n) is 8.06. The molecule has 3 aromatic rings. The minimum atomic E-state index is -3.76. The molecular formula is C22H26ClN3O2S. The van der Waals surface area contributed by atoms with E-state index in [1.807, 2.05) is 36.7 Å². The second-order valence-corrected chi connectivity index (χ2v) is 10.2. The quantitative estimate of drug-likeness (QED) is 0.580. The van der Waals surface area contributed by atoms with E-state index in [4.69, 9.17) is 11.6 Å². The van der Waals surface area contributed by atoms with E-state index in [-0.39, 0.29) is 10.3 Å². The third-order valence-corrected chi connectivity index (χ3v) is 6.33. The molecule has 5 nitrogen and oxygen atoms in total. The molecule has 0 fully saturated rings. The van der Waals surface area contributed by atoms with Crippen molar-refractivity contribution in [3.8, 4) is 5.69 Å². The normalized spacial score (nSPS) is 12.2. The van der Waals surface area contributed by atoms with Crippen molar-refractivity contribution in [2.45, 2.75) is 51.3 Å². The Morgan fingerprint density at radius 2 is 1.76 bits per heavy atom. The van der Waals surface area contributed by atoms with E-state index in [0.29, 0.717) is 22.8 Å². The predicted octanol–water partition coefficient (Wildman–Crippen LogP) is 5.49. The van der Waals surface area contributed by atoms with Gasteiger partial charge in [0.15, 0.2) is 0 Å². The molecule has 0 saturated heterocycles. The first-order chi connectivity index (χ1) is 13.5.